The number of aromatic nitrogens is 3. The zero-order valence-corrected chi connectivity index (χ0v) is 16.0. The number of ether oxygens (including phenoxy) is 2. The summed E-state index contributed by atoms with van der Waals surface area (Å²) >= 11 is 0. The lowest BCUT2D eigenvalue weighted by atomic mass is 10.1. The van der Waals surface area contributed by atoms with Gasteiger partial charge in [-0.3, -0.25) is 4.98 Å². The minimum Gasteiger partial charge on any atom is -0.496 e. The van der Waals surface area contributed by atoms with Crippen molar-refractivity contribution in [3.63, 3.8) is 0 Å². The van der Waals surface area contributed by atoms with Crippen molar-refractivity contribution in [2.24, 2.45) is 0 Å². The molecule has 2 aromatic heterocycles. The Labute approximate surface area is 169 Å². The fraction of sp³-hybridized carbons (Fsp3) is 0.263. The molecule has 0 bridgehead atoms. The van der Waals surface area contributed by atoms with Gasteiger partial charge in [0.05, 0.1) is 7.11 Å². The standard InChI is InChI=1S/C19H17F3N4O4/c1-26(18(27)29-11-14-9-23-8-7-15(14)28-2)10-12-3-5-13(6-4-12)16-24-17(30-25-16)19(20,21)22/h3-9H,10-11H2,1-2H3. The van der Waals surface area contributed by atoms with Gasteiger partial charge in [0.25, 0.3) is 0 Å². The number of carbonyl (C=O) groups excluding carboxylic acids is 1. The Kier molecular flexibility index (Phi) is 6.19. The Balaban J connectivity index is 1.58. The molecule has 2 heterocycles. The van der Waals surface area contributed by atoms with Crippen LogP contribution in [-0.4, -0.2) is 40.3 Å². The van der Waals surface area contributed by atoms with Crippen molar-refractivity contribution in [2.45, 2.75) is 19.3 Å². The molecule has 11 heteroatoms. The summed E-state index contributed by atoms with van der Waals surface area (Å²) in [6, 6.07) is 8.04. The van der Waals surface area contributed by atoms with Crippen LogP contribution in [0.25, 0.3) is 11.4 Å². The molecule has 0 N–H and O–H groups in total. The van der Waals surface area contributed by atoms with Crippen LogP contribution < -0.4 is 4.74 Å². The summed E-state index contributed by atoms with van der Waals surface area (Å²) in [7, 11) is 3.07. The van der Waals surface area contributed by atoms with Crippen molar-refractivity contribution in [3.8, 4) is 17.1 Å². The van der Waals surface area contributed by atoms with E-state index in [1.807, 2.05) is 0 Å². The van der Waals surface area contributed by atoms with Gasteiger partial charge in [0, 0.05) is 37.1 Å². The molecule has 3 aromatic rings. The second-order valence-electron chi connectivity index (χ2n) is 6.22. The van der Waals surface area contributed by atoms with Crippen LogP contribution >= 0.6 is 0 Å². The van der Waals surface area contributed by atoms with Gasteiger partial charge in [-0.1, -0.05) is 29.4 Å². The Bertz CT molecular complexity index is 1010. The summed E-state index contributed by atoms with van der Waals surface area (Å²) in [5, 5.41) is 3.33. The number of methoxy groups -OCH3 is 1. The van der Waals surface area contributed by atoms with E-state index in [2.05, 4.69) is 19.6 Å². The summed E-state index contributed by atoms with van der Waals surface area (Å²) < 4.78 is 52.3. The summed E-state index contributed by atoms with van der Waals surface area (Å²) in [6.07, 6.45) is -2.14. The maximum atomic E-state index is 12.6. The highest BCUT2D eigenvalue weighted by Gasteiger charge is 2.38. The van der Waals surface area contributed by atoms with E-state index in [1.165, 1.54) is 12.0 Å². The topological polar surface area (TPSA) is 90.6 Å². The number of alkyl halides is 3. The molecule has 0 unspecified atom stereocenters. The van der Waals surface area contributed by atoms with E-state index in [0.29, 0.717) is 16.9 Å². The van der Waals surface area contributed by atoms with Crippen LogP contribution in [0.5, 0.6) is 5.75 Å². The first-order valence-electron chi connectivity index (χ1n) is 8.63. The van der Waals surface area contributed by atoms with Crippen LogP contribution in [0, 0.1) is 0 Å². The quantitative estimate of drug-likeness (QED) is 0.595. The molecule has 0 fully saturated rings. The minimum absolute atomic E-state index is 0.00150. The molecule has 3 rings (SSSR count). The van der Waals surface area contributed by atoms with Gasteiger partial charge in [0.1, 0.15) is 12.4 Å². The van der Waals surface area contributed by atoms with E-state index < -0.39 is 18.2 Å². The molecule has 0 saturated heterocycles. The number of hydrogen-bond donors (Lipinski definition) is 0. The summed E-state index contributed by atoms with van der Waals surface area (Å²) in [6.45, 7) is 0.224. The maximum Gasteiger partial charge on any atom is 0.471 e. The van der Waals surface area contributed by atoms with Crippen LogP contribution in [0.4, 0.5) is 18.0 Å². The van der Waals surface area contributed by atoms with E-state index in [1.54, 1.807) is 49.8 Å². The molecule has 30 heavy (non-hydrogen) atoms. The molecule has 0 spiro atoms. The highest BCUT2D eigenvalue weighted by Crippen LogP contribution is 2.29. The number of hydrogen-bond acceptors (Lipinski definition) is 7. The average molecular weight is 422 g/mol. The fourth-order valence-corrected chi connectivity index (χ4v) is 2.53. The first kappa shape index (κ1) is 21.1. The van der Waals surface area contributed by atoms with E-state index in [9.17, 15) is 18.0 Å². The summed E-state index contributed by atoms with van der Waals surface area (Å²) in [5.41, 5.74) is 1.72. The zero-order valence-electron chi connectivity index (χ0n) is 16.0. The summed E-state index contributed by atoms with van der Waals surface area (Å²) in [4.78, 5) is 20.9. The second kappa shape index (κ2) is 8.80. The van der Waals surface area contributed by atoms with Crippen LogP contribution in [-0.2, 0) is 24.1 Å². The minimum atomic E-state index is -4.70. The summed E-state index contributed by atoms with van der Waals surface area (Å²) in [5.74, 6) is -1.02. The largest absolute Gasteiger partial charge is 0.496 e. The third kappa shape index (κ3) is 5.04. The number of amides is 1. The van der Waals surface area contributed by atoms with Crippen molar-refractivity contribution in [1.82, 2.24) is 20.0 Å². The Hall–Kier alpha value is -3.63. The first-order chi connectivity index (χ1) is 14.3. The molecule has 158 valence electrons. The molecule has 1 aromatic carbocycles. The highest BCUT2D eigenvalue weighted by atomic mass is 19.4. The zero-order chi connectivity index (χ0) is 21.7. The SMILES string of the molecule is COc1ccncc1COC(=O)N(C)Cc1ccc(-c2noc(C(F)(F)F)n2)cc1. The lowest BCUT2D eigenvalue weighted by Gasteiger charge is -2.17. The molecule has 0 aliphatic heterocycles. The molecule has 0 aliphatic carbocycles. The number of nitrogens with zero attached hydrogens (tertiary/aromatic N) is 4. The molecule has 0 atom stereocenters. The lowest BCUT2D eigenvalue weighted by molar-refractivity contribution is -0.159. The normalized spacial score (nSPS) is 11.2. The number of halogens is 3. The van der Waals surface area contributed by atoms with Gasteiger partial charge in [-0.15, -0.1) is 0 Å². The third-order valence-electron chi connectivity index (χ3n) is 4.04. The number of rotatable bonds is 6. The van der Waals surface area contributed by atoms with Crippen LogP contribution in [0.15, 0.2) is 47.2 Å². The third-order valence-corrected chi connectivity index (χ3v) is 4.04. The van der Waals surface area contributed by atoms with Crippen molar-refractivity contribution in [1.29, 1.82) is 0 Å². The van der Waals surface area contributed by atoms with Crippen molar-refractivity contribution in [3.05, 3.63) is 59.7 Å². The fourth-order valence-electron chi connectivity index (χ4n) is 2.53. The number of carbonyl (C=O) groups is 1. The van der Waals surface area contributed by atoms with E-state index in [-0.39, 0.29) is 19.0 Å². The molecule has 0 saturated carbocycles. The van der Waals surface area contributed by atoms with E-state index >= 15 is 0 Å². The maximum absolute atomic E-state index is 12.6. The monoisotopic (exact) mass is 422 g/mol. The highest BCUT2D eigenvalue weighted by molar-refractivity contribution is 5.67. The van der Waals surface area contributed by atoms with Gasteiger partial charge < -0.3 is 18.9 Å². The van der Waals surface area contributed by atoms with Crippen molar-refractivity contribution >= 4 is 6.09 Å². The van der Waals surface area contributed by atoms with Crippen molar-refractivity contribution < 1.29 is 32.0 Å². The average Bonchev–Trinajstić information content (AvgIpc) is 3.23. The van der Waals surface area contributed by atoms with Gasteiger partial charge in [-0.2, -0.15) is 18.2 Å². The van der Waals surface area contributed by atoms with Crippen LogP contribution in [0.3, 0.4) is 0 Å². The molecular formula is C19H17F3N4O4. The van der Waals surface area contributed by atoms with Gasteiger partial charge in [-0.05, 0) is 11.6 Å². The second-order valence-corrected chi connectivity index (χ2v) is 6.22. The Morgan fingerprint density at radius 3 is 2.57 bits per heavy atom. The first-order valence-corrected chi connectivity index (χ1v) is 8.63. The molecular weight excluding hydrogens is 405 g/mol. The predicted octanol–water partition coefficient (Wildman–Crippen LogP) is 3.93. The molecule has 1 amide bonds. The molecule has 0 aliphatic rings. The van der Waals surface area contributed by atoms with Gasteiger partial charge in [-0.25, -0.2) is 4.79 Å². The van der Waals surface area contributed by atoms with Crippen LogP contribution in [0.1, 0.15) is 17.0 Å². The van der Waals surface area contributed by atoms with Gasteiger partial charge in [0.15, 0.2) is 0 Å². The number of pyridine rings is 1. The van der Waals surface area contributed by atoms with E-state index in [0.717, 1.165) is 5.56 Å². The number of benzene rings is 1. The van der Waals surface area contributed by atoms with Gasteiger partial charge in [0.2, 0.25) is 5.82 Å². The molecule has 8 nitrogen and oxygen atoms in total. The van der Waals surface area contributed by atoms with Crippen molar-refractivity contribution in [2.75, 3.05) is 14.2 Å². The Morgan fingerprint density at radius 2 is 1.93 bits per heavy atom. The smallest absolute Gasteiger partial charge is 0.471 e. The van der Waals surface area contributed by atoms with Crippen LogP contribution in [0.2, 0.25) is 0 Å². The predicted molar refractivity (Wildman–Crippen MR) is 97.2 cm³/mol. The lowest BCUT2D eigenvalue weighted by Crippen LogP contribution is -2.26. The van der Waals surface area contributed by atoms with E-state index in [4.69, 9.17) is 9.47 Å². The van der Waals surface area contributed by atoms with Gasteiger partial charge >= 0.3 is 18.2 Å². The molecule has 0 radical (unpaired) electrons. The Morgan fingerprint density at radius 1 is 1.20 bits per heavy atom.